The number of nitrogens with zero attached hydrogens (tertiary/aromatic N) is 1. The Kier molecular flexibility index (Phi) is 3.85. The zero-order valence-corrected chi connectivity index (χ0v) is 10.5. The van der Waals surface area contributed by atoms with E-state index < -0.39 is 0 Å². The topological polar surface area (TPSA) is 32.3 Å². The van der Waals surface area contributed by atoms with Gasteiger partial charge in [0.1, 0.15) is 0 Å². The predicted molar refractivity (Wildman–Crippen MR) is 65.2 cm³/mol. The molecule has 16 heavy (non-hydrogen) atoms. The van der Waals surface area contributed by atoms with E-state index in [0.717, 1.165) is 25.4 Å². The van der Waals surface area contributed by atoms with E-state index in [2.05, 4.69) is 24.2 Å². The van der Waals surface area contributed by atoms with E-state index >= 15 is 0 Å². The molecular weight excluding hydrogens is 200 g/mol. The molecule has 1 saturated carbocycles. The Morgan fingerprint density at radius 1 is 1.44 bits per heavy atom. The summed E-state index contributed by atoms with van der Waals surface area (Å²) in [5.41, 5.74) is 0. The van der Waals surface area contributed by atoms with Crippen LogP contribution >= 0.6 is 0 Å². The number of hydrogen-bond acceptors (Lipinski definition) is 2. The van der Waals surface area contributed by atoms with Crippen molar-refractivity contribution < 1.29 is 4.79 Å². The van der Waals surface area contributed by atoms with Crippen molar-refractivity contribution in [3.05, 3.63) is 0 Å². The van der Waals surface area contributed by atoms with Crippen molar-refractivity contribution >= 4 is 5.91 Å². The second-order valence-corrected chi connectivity index (χ2v) is 5.52. The van der Waals surface area contributed by atoms with Crippen LogP contribution in [0.15, 0.2) is 0 Å². The van der Waals surface area contributed by atoms with Crippen LogP contribution in [0.1, 0.15) is 39.0 Å². The van der Waals surface area contributed by atoms with Crippen molar-refractivity contribution in [1.82, 2.24) is 10.2 Å². The molecule has 0 spiro atoms. The van der Waals surface area contributed by atoms with Crippen molar-refractivity contribution in [2.75, 3.05) is 20.1 Å². The minimum absolute atomic E-state index is 0.367. The van der Waals surface area contributed by atoms with Crippen LogP contribution in [-0.2, 0) is 4.79 Å². The molecule has 0 aromatic carbocycles. The number of nitrogens with one attached hydrogen (secondary N) is 1. The van der Waals surface area contributed by atoms with Crippen LogP contribution in [0.2, 0.25) is 0 Å². The van der Waals surface area contributed by atoms with E-state index in [1.165, 1.54) is 25.7 Å². The largest absolute Gasteiger partial charge is 0.342 e. The number of carbonyl (C=O) groups is 1. The Morgan fingerprint density at radius 3 is 2.88 bits per heavy atom. The number of rotatable bonds is 4. The van der Waals surface area contributed by atoms with Crippen LogP contribution in [0.4, 0.5) is 0 Å². The van der Waals surface area contributed by atoms with Crippen LogP contribution in [-0.4, -0.2) is 37.0 Å². The average molecular weight is 224 g/mol. The highest BCUT2D eigenvalue weighted by molar-refractivity contribution is 5.78. The maximum Gasteiger partial charge on any atom is 0.222 e. The number of hydrogen-bond donors (Lipinski definition) is 1. The Bertz CT molecular complexity index is 254. The minimum atomic E-state index is 0.367. The van der Waals surface area contributed by atoms with Crippen LogP contribution < -0.4 is 5.32 Å². The van der Waals surface area contributed by atoms with Gasteiger partial charge in [-0.25, -0.2) is 0 Å². The molecule has 3 nitrogen and oxygen atoms in total. The fourth-order valence-corrected chi connectivity index (χ4v) is 3.27. The molecule has 3 atom stereocenters. The van der Waals surface area contributed by atoms with Gasteiger partial charge in [0.2, 0.25) is 5.91 Å². The van der Waals surface area contributed by atoms with Gasteiger partial charge in [-0.3, -0.25) is 4.79 Å². The summed E-state index contributed by atoms with van der Waals surface area (Å²) in [6.07, 6.45) is 5.94. The average Bonchev–Trinajstić information content (AvgIpc) is 2.81. The molecule has 1 N–H and O–H groups in total. The fourth-order valence-electron chi connectivity index (χ4n) is 3.27. The lowest BCUT2D eigenvalue weighted by atomic mass is 9.99. The van der Waals surface area contributed by atoms with Crippen molar-refractivity contribution in [3.8, 4) is 0 Å². The highest BCUT2D eigenvalue weighted by Gasteiger charge is 2.29. The fraction of sp³-hybridized carbons (Fsp3) is 0.923. The monoisotopic (exact) mass is 224 g/mol. The summed E-state index contributed by atoms with van der Waals surface area (Å²) < 4.78 is 0. The lowest BCUT2D eigenvalue weighted by Gasteiger charge is -2.22. The smallest absolute Gasteiger partial charge is 0.222 e. The third-order valence-corrected chi connectivity index (χ3v) is 4.21. The summed E-state index contributed by atoms with van der Waals surface area (Å²) >= 11 is 0. The summed E-state index contributed by atoms with van der Waals surface area (Å²) in [5, 5.41) is 3.41. The molecule has 0 bridgehead atoms. The summed E-state index contributed by atoms with van der Waals surface area (Å²) in [4.78, 5) is 13.7. The van der Waals surface area contributed by atoms with Gasteiger partial charge in [0.05, 0.1) is 0 Å². The first-order chi connectivity index (χ1) is 7.70. The van der Waals surface area contributed by atoms with Crippen molar-refractivity contribution in [2.24, 2.45) is 11.8 Å². The molecule has 1 aliphatic heterocycles. The van der Waals surface area contributed by atoms with Gasteiger partial charge in [-0.05, 0) is 38.1 Å². The highest BCUT2D eigenvalue weighted by atomic mass is 16.2. The number of carbonyl (C=O) groups excluding carboxylic acids is 1. The Labute approximate surface area is 98.6 Å². The van der Waals surface area contributed by atoms with Crippen molar-refractivity contribution in [2.45, 2.75) is 45.1 Å². The molecule has 1 aliphatic carbocycles. The van der Waals surface area contributed by atoms with Gasteiger partial charge in [-0.15, -0.1) is 0 Å². The van der Waals surface area contributed by atoms with Crippen molar-refractivity contribution in [3.63, 3.8) is 0 Å². The first-order valence-electron chi connectivity index (χ1n) is 6.65. The lowest BCUT2D eigenvalue weighted by molar-refractivity contribution is -0.127. The molecule has 92 valence electrons. The van der Waals surface area contributed by atoms with E-state index in [9.17, 15) is 4.79 Å². The first-order valence-corrected chi connectivity index (χ1v) is 6.65. The Morgan fingerprint density at radius 2 is 2.25 bits per heavy atom. The maximum atomic E-state index is 11.7. The van der Waals surface area contributed by atoms with Crippen LogP contribution in [0, 0.1) is 11.8 Å². The van der Waals surface area contributed by atoms with Crippen LogP contribution in [0.5, 0.6) is 0 Å². The van der Waals surface area contributed by atoms with E-state index in [1.54, 1.807) is 0 Å². The van der Waals surface area contributed by atoms with Gasteiger partial charge < -0.3 is 10.2 Å². The second-order valence-electron chi connectivity index (χ2n) is 5.52. The van der Waals surface area contributed by atoms with Gasteiger partial charge in [-0.2, -0.15) is 0 Å². The van der Waals surface area contributed by atoms with Gasteiger partial charge in [0.25, 0.3) is 0 Å². The first kappa shape index (κ1) is 11.9. The summed E-state index contributed by atoms with van der Waals surface area (Å²) in [7, 11) is 2.06. The standard InChI is InChI=1S/C13H24N2O/c1-10-8-13(16)15(9-10)7-6-11-4-3-5-12(11)14-2/h10-12,14H,3-9H2,1-2H3. The Hall–Kier alpha value is -0.570. The molecule has 0 aromatic rings. The molecule has 1 saturated heterocycles. The summed E-state index contributed by atoms with van der Waals surface area (Å²) in [5.74, 6) is 1.72. The zero-order valence-electron chi connectivity index (χ0n) is 10.5. The molecule has 1 heterocycles. The normalized spacial score (nSPS) is 35.0. The van der Waals surface area contributed by atoms with Crippen LogP contribution in [0.3, 0.4) is 0 Å². The maximum absolute atomic E-state index is 11.7. The number of likely N-dealkylation sites (tertiary alicyclic amines) is 1. The lowest BCUT2D eigenvalue weighted by Crippen LogP contribution is -2.33. The van der Waals surface area contributed by atoms with E-state index in [-0.39, 0.29) is 0 Å². The molecule has 0 aromatic heterocycles. The van der Waals surface area contributed by atoms with E-state index in [1.807, 2.05) is 0 Å². The van der Waals surface area contributed by atoms with Crippen LogP contribution in [0.25, 0.3) is 0 Å². The SMILES string of the molecule is CNC1CCCC1CCN1CC(C)CC1=O. The molecule has 3 heteroatoms. The van der Waals surface area contributed by atoms with Gasteiger partial charge in [0.15, 0.2) is 0 Å². The Balaban J connectivity index is 1.76. The van der Waals surface area contributed by atoms with Gasteiger partial charge in [-0.1, -0.05) is 13.3 Å². The number of amides is 1. The molecular formula is C13H24N2O. The third kappa shape index (κ3) is 2.57. The zero-order chi connectivity index (χ0) is 11.5. The molecule has 3 unspecified atom stereocenters. The molecule has 0 radical (unpaired) electrons. The highest BCUT2D eigenvalue weighted by Crippen LogP contribution is 2.29. The molecule has 2 rings (SSSR count). The summed E-state index contributed by atoms with van der Waals surface area (Å²) in [6.45, 7) is 4.13. The molecule has 2 fully saturated rings. The second kappa shape index (κ2) is 5.17. The molecule has 2 aliphatic rings. The van der Waals surface area contributed by atoms with Gasteiger partial charge in [0, 0.05) is 25.6 Å². The predicted octanol–water partition coefficient (Wildman–Crippen LogP) is 1.63. The summed E-state index contributed by atoms with van der Waals surface area (Å²) in [6, 6.07) is 0.690. The van der Waals surface area contributed by atoms with Gasteiger partial charge >= 0.3 is 0 Å². The quantitative estimate of drug-likeness (QED) is 0.787. The minimum Gasteiger partial charge on any atom is -0.342 e. The van der Waals surface area contributed by atoms with E-state index in [0.29, 0.717) is 17.9 Å². The third-order valence-electron chi connectivity index (χ3n) is 4.21. The molecule has 1 amide bonds. The van der Waals surface area contributed by atoms with E-state index in [4.69, 9.17) is 0 Å². The van der Waals surface area contributed by atoms with Crippen molar-refractivity contribution in [1.29, 1.82) is 0 Å².